The van der Waals surface area contributed by atoms with E-state index in [0.29, 0.717) is 19.6 Å². The van der Waals surface area contributed by atoms with Crippen molar-refractivity contribution in [2.75, 3.05) is 19.7 Å². The monoisotopic (exact) mass is 392 g/mol. The summed E-state index contributed by atoms with van der Waals surface area (Å²) >= 11 is 0. The van der Waals surface area contributed by atoms with Crippen LogP contribution in [0.5, 0.6) is 5.75 Å². The summed E-state index contributed by atoms with van der Waals surface area (Å²) in [6.45, 7) is 5.55. The zero-order chi connectivity index (χ0) is 20.3. The summed E-state index contributed by atoms with van der Waals surface area (Å²) in [7, 11) is 0. The summed E-state index contributed by atoms with van der Waals surface area (Å²) in [5.74, 6) is -2.01. The number of hydrogen-bond acceptors (Lipinski definition) is 3. The van der Waals surface area contributed by atoms with E-state index >= 15 is 0 Å². The third kappa shape index (κ3) is 5.04. The van der Waals surface area contributed by atoms with Crippen molar-refractivity contribution in [3.05, 3.63) is 65.5 Å². The average molecular weight is 392 g/mol. The lowest BCUT2D eigenvalue weighted by atomic mass is 10.1. The van der Waals surface area contributed by atoms with E-state index in [1.165, 1.54) is 12.1 Å². The molecule has 1 heterocycles. The second kappa shape index (κ2) is 8.65. The topological polar surface area (TPSA) is 32.8 Å². The predicted octanol–water partition coefficient (Wildman–Crippen LogP) is 3.60. The summed E-state index contributed by atoms with van der Waals surface area (Å²) in [5.41, 5.74) is 1.01. The van der Waals surface area contributed by atoms with Gasteiger partial charge in [-0.15, -0.1) is 0 Å². The Bertz CT molecular complexity index is 809. The summed E-state index contributed by atoms with van der Waals surface area (Å²) in [4.78, 5) is 16.5. The molecule has 0 spiro atoms. The lowest BCUT2D eigenvalue weighted by Gasteiger charge is -2.44. The van der Waals surface area contributed by atoms with Gasteiger partial charge in [-0.2, -0.15) is 0 Å². The first-order valence-corrected chi connectivity index (χ1v) is 9.18. The van der Waals surface area contributed by atoms with Crippen LogP contribution in [0.4, 0.5) is 13.2 Å². The van der Waals surface area contributed by atoms with Crippen LogP contribution < -0.4 is 4.74 Å². The van der Waals surface area contributed by atoms with Gasteiger partial charge in [-0.25, -0.2) is 13.2 Å². The van der Waals surface area contributed by atoms with Crippen molar-refractivity contribution < 1.29 is 22.7 Å². The number of carbonyl (C=O) groups is 1. The number of piperazine rings is 1. The SMILES string of the molecule is CC1CN(C(=O)COc2cc(F)cc(F)c2)C(C)CN1Cc1ccc(F)cc1. The van der Waals surface area contributed by atoms with E-state index in [9.17, 15) is 18.0 Å². The van der Waals surface area contributed by atoms with E-state index in [4.69, 9.17) is 4.74 Å². The van der Waals surface area contributed by atoms with Crippen molar-refractivity contribution in [2.45, 2.75) is 32.5 Å². The number of hydrogen-bond donors (Lipinski definition) is 0. The van der Waals surface area contributed by atoms with Crippen molar-refractivity contribution in [2.24, 2.45) is 0 Å². The number of rotatable bonds is 5. The Morgan fingerprint density at radius 3 is 2.25 bits per heavy atom. The van der Waals surface area contributed by atoms with Gasteiger partial charge in [0.2, 0.25) is 0 Å². The van der Waals surface area contributed by atoms with E-state index in [0.717, 1.165) is 23.8 Å². The fraction of sp³-hybridized carbons (Fsp3) is 0.381. The Morgan fingerprint density at radius 1 is 0.964 bits per heavy atom. The molecule has 1 aliphatic rings. The molecule has 0 saturated carbocycles. The van der Waals surface area contributed by atoms with E-state index in [2.05, 4.69) is 4.90 Å². The zero-order valence-electron chi connectivity index (χ0n) is 15.9. The molecule has 2 aromatic carbocycles. The molecule has 0 radical (unpaired) electrons. The lowest BCUT2D eigenvalue weighted by molar-refractivity contribution is -0.139. The molecular weight excluding hydrogens is 369 g/mol. The number of benzene rings is 2. The Balaban J connectivity index is 1.56. The zero-order valence-corrected chi connectivity index (χ0v) is 15.9. The van der Waals surface area contributed by atoms with Crippen LogP contribution in [0, 0.1) is 17.5 Å². The third-order valence-electron chi connectivity index (χ3n) is 4.93. The minimum Gasteiger partial charge on any atom is -0.484 e. The molecule has 7 heteroatoms. The highest BCUT2D eigenvalue weighted by atomic mass is 19.1. The van der Waals surface area contributed by atoms with Crippen molar-refractivity contribution in [3.63, 3.8) is 0 Å². The first-order valence-electron chi connectivity index (χ1n) is 9.18. The highest BCUT2D eigenvalue weighted by Crippen LogP contribution is 2.20. The molecule has 1 saturated heterocycles. The lowest BCUT2D eigenvalue weighted by Crippen LogP contribution is -2.58. The molecule has 1 aliphatic heterocycles. The van der Waals surface area contributed by atoms with E-state index in [1.807, 2.05) is 13.8 Å². The molecule has 1 amide bonds. The van der Waals surface area contributed by atoms with Gasteiger partial charge in [-0.1, -0.05) is 12.1 Å². The predicted molar refractivity (Wildman–Crippen MR) is 99.3 cm³/mol. The molecule has 150 valence electrons. The van der Waals surface area contributed by atoms with Crippen LogP contribution in [-0.4, -0.2) is 47.5 Å². The van der Waals surface area contributed by atoms with Gasteiger partial charge in [0.1, 0.15) is 23.2 Å². The summed E-state index contributed by atoms with van der Waals surface area (Å²) < 4.78 is 44.8. The van der Waals surface area contributed by atoms with Gasteiger partial charge in [0.25, 0.3) is 5.91 Å². The number of halogens is 3. The molecule has 0 N–H and O–H groups in total. The van der Waals surface area contributed by atoms with Crippen molar-refractivity contribution in [1.82, 2.24) is 9.80 Å². The highest BCUT2D eigenvalue weighted by molar-refractivity contribution is 5.78. The van der Waals surface area contributed by atoms with Crippen LogP contribution in [0.1, 0.15) is 19.4 Å². The Labute approximate surface area is 162 Å². The first kappa shape index (κ1) is 20.2. The van der Waals surface area contributed by atoms with Crippen molar-refractivity contribution >= 4 is 5.91 Å². The van der Waals surface area contributed by atoms with Gasteiger partial charge in [0, 0.05) is 49.9 Å². The molecule has 28 heavy (non-hydrogen) atoms. The molecule has 0 aromatic heterocycles. The number of carbonyl (C=O) groups excluding carboxylic acids is 1. The normalized spacial score (nSPS) is 20.2. The maximum atomic E-state index is 13.2. The molecule has 0 bridgehead atoms. The Hall–Kier alpha value is -2.54. The first-order chi connectivity index (χ1) is 13.3. The largest absolute Gasteiger partial charge is 0.484 e. The van der Waals surface area contributed by atoms with Crippen LogP contribution in [0.15, 0.2) is 42.5 Å². The van der Waals surface area contributed by atoms with Gasteiger partial charge >= 0.3 is 0 Å². The number of nitrogens with zero attached hydrogens (tertiary/aromatic N) is 2. The maximum Gasteiger partial charge on any atom is 0.260 e. The molecule has 2 atom stereocenters. The molecule has 2 unspecified atom stereocenters. The quantitative estimate of drug-likeness (QED) is 0.780. The molecule has 2 aromatic rings. The van der Waals surface area contributed by atoms with E-state index in [1.54, 1.807) is 17.0 Å². The van der Waals surface area contributed by atoms with Gasteiger partial charge in [-0.3, -0.25) is 9.69 Å². The van der Waals surface area contributed by atoms with E-state index in [-0.39, 0.29) is 36.2 Å². The molecule has 0 aliphatic carbocycles. The van der Waals surface area contributed by atoms with Crippen LogP contribution in [0.2, 0.25) is 0 Å². The standard InChI is InChI=1S/C21H23F3N2O2/c1-14-11-26(21(27)13-28-20-8-18(23)7-19(24)9-20)15(2)10-25(14)12-16-3-5-17(22)6-4-16/h3-9,14-15H,10-13H2,1-2H3. The second-order valence-electron chi connectivity index (χ2n) is 7.19. The fourth-order valence-corrected chi connectivity index (χ4v) is 3.43. The minimum absolute atomic E-state index is 0.0125. The molecule has 3 rings (SSSR count). The summed E-state index contributed by atoms with van der Waals surface area (Å²) in [6.07, 6.45) is 0. The summed E-state index contributed by atoms with van der Waals surface area (Å²) in [5, 5.41) is 0. The van der Waals surface area contributed by atoms with E-state index < -0.39 is 11.6 Å². The Kier molecular flexibility index (Phi) is 6.24. The minimum atomic E-state index is -0.751. The highest BCUT2D eigenvalue weighted by Gasteiger charge is 2.32. The van der Waals surface area contributed by atoms with Crippen LogP contribution in [0.3, 0.4) is 0 Å². The number of ether oxygens (including phenoxy) is 1. The molecule has 1 fully saturated rings. The van der Waals surface area contributed by atoms with Gasteiger partial charge < -0.3 is 9.64 Å². The van der Waals surface area contributed by atoms with Crippen molar-refractivity contribution in [3.8, 4) is 5.75 Å². The number of amides is 1. The average Bonchev–Trinajstić information content (AvgIpc) is 2.63. The van der Waals surface area contributed by atoms with Crippen molar-refractivity contribution in [1.29, 1.82) is 0 Å². The van der Waals surface area contributed by atoms with Gasteiger partial charge in [0.05, 0.1) is 0 Å². The van der Waals surface area contributed by atoms with Crippen LogP contribution >= 0.6 is 0 Å². The maximum absolute atomic E-state index is 13.2. The van der Waals surface area contributed by atoms with Crippen LogP contribution in [-0.2, 0) is 11.3 Å². The van der Waals surface area contributed by atoms with Crippen LogP contribution in [0.25, 0.3) is 0 Å². The summed E-state index contributed by atoms with van der Waals surface area (Å²) in [6, 6.07) is 9.30. The van der Waals surface area contributed by atoms with Gasteiger partial charge in [-0.05, 0) is 31.5 Å². The Morgan fingerprint density at radius 2 is 1.61 bits per heavy atom. The van der Waals surface area contributed by atoms with Gasteiger partial charge in [0.15, 0.2) is 6.61 Å². The molecule has 4 nitrogen and oxygen atoms in total. The second-order valence-corrected chi connectivity index (χ2v) is 7.19. The smallest absolute Gasteiger partial charge is 0.260 e. The fourth-order valence-electron chi connectivity index (χ4n) is 3.43. The molecular formula is C21H23F3N2O2. The third-order valence-corrected chi connectivity index (χ3v) is 4.93.